The van der Waals surface area contributed by atoms with Crippen molar-refractivity contribution < 1.29 is 0 Å². The molecule has 0 saturated heterocycles. The van der Waals surface area contributed by atoms with E-state index in [9.17, 15) is 0 Å². The summed E-state index contributed by atoms with van der Waals surface area (Å²) in [5.74, 6) is 0. The molecule has 0 aliphatic heterocycles. The lowest BCUT2D eigenvalue weighted by Crippen LogP contribution is -2.21. The second-order valence-electron chi connectivity index (χ2n) is 3.60. The van der Waals surface area contributed by atoms with Crippen molar-refractivity contribution in [3.63, 3.8) is 0 Å². The van der Waals surface area contributed by atoms with Gasteiger partial charge in [-0.15, -0.1) is 0 Å². The molecule has 2 N–H and O–H groups in total. The number of allylic oxidation sites excluding steroid dienone is 1. The summed E-state index contributed by atoms with van der Waals surface area (Å²) < 4.78 is 1.92. The van der Waals surface area contributed by atoms with Gasteiger partial charge in [-0.1, -0.05) is 6.08 Å². The largest absolute Gasteiger partial charge is 0.327 e. The van der Waals surface area contributed by atoms with Crippen LogP contribution in [0.15, 0.2) is 18.3 Å². The molecule has 0 radical (unpaired) electrons. The van der Waals surface area contributed by atoms with Crippen LogP contribution in [-0.4, -0.2) is 15.8 Å². The number of nitrogens with two attached hydrogens (primary N) is 1. The van der Waals surface area contributed by atoms with Gasteiger partial charge < -0.3 is 5.73 Å². The van der Waals surface area contributed by atoms with Crippen LogP contribution < -0.4 is 5.73 Å². The van der Waals surface area contributed by atoms with Gasteiger partial charge in [0.2, 0.25) is 0 Å². The Hall–Kier alpha value is -1.09. The van der Waals surface area contributed by atoms with Gasteiger partial charge in [0, 0.05) is 19.3 Å². The molecule has 3 nitrogen and oxygen atoms in total. The average Bonchev–Trinajstić information content (AvgIpc) is 2.53. The molecule has 13 heavy (non-hydrogen) atoms. The topological polar surface area (TPSA) is 43.8 Å². The lowest BCUT2D eigenvalue weighted by Gasteiger charge is -2.18. The minimum absolute atomic E-state index is 0.358. The molecular weight excluding hydrogens is 162 g/mol. The molecule has 0 bridgehead atoms. The van der Waals surface area contributed by atoms with Crippen molar-refractivity contribution in [1.29, 1.82) is 0 Å². The third-order valence-electron chi connectivity index (χ3n) is 2.60. The zero-order valence-corrected chi connectivity index (χ0v) is 7.90. The first-order valence-electron chi connectivity index (χ1n) is 4.70. The minimum Gasteiger partial charge on any atom is -0.327 e. The van der Waals surface area contributed by atoms with Crippen molar-refractivity contribution in [2.24, 2.45) is 12.8 Å². The van der Waals surface area contributed by atoms with E-state index in [1.165, 1.54) is 11.3 Å². The Morgan fingerprint density at radius 3 is 3.00 bits per heavy atom. The van der Waals surface area contributed by atoms with Crippen molar-refractivity contribution in [1.82, 2.24) is 9.78 Å². The first kappa shape index (κ1) is 8.51. The van der Waals surface area contributed by atoms with Gasteiger partial charge in [-0.05, 0) is 30.9 Å². The van der Waals surface area contributed by atoms with Crippen LogP contribution >= 0.6 is 0 Å². The van der Waals surface area contributed by atoms with Gasteiger partial charge in [-0.3, -0.25) is 4.68 Å². The number of nitrogens with zero attached hydrogens (tertiary/aromatic N) is 2. The van der Waals surface area contributed by atoms with Gasteiger partial charge in [-0.25, -0.2) is 0 Å². The number of aryl methyl sites for hydroxylation is 1. The van der Waals surface area contributed by atoms with Crippen LogP contribution in [0, 0.1) is 0 Å². The van der Waals surface area contributed by atoms with Crippen LogP contribution in [-0.2, 0) is 7.05 Å². The van der Waals surface area contributed by atoms with Crippen molar-refractivity contribution in [2.75, 3.05) is 0 Å². The average molecular weight is 177 g/mol. The zero-order chi connectivity index (χ0) is 9.26. The predicted octanol–water partition coefficient (Wildman–Crippen LogP) is 1.31. The van der Waals surface area contributed by atoms with E-state index in [4.69, 9.17) is 5.73 Å². The third kappa shape index (κ3) is 1.65. The van der Waals surface area contributed by atoms with Crippen LogP contribution in [0.1, 0.15) is 25.0 Å². The van der Waals surface area contributed by atoms with E-state index in [2.05, 4.69) is 17.2 Å². The maximum atomic E-state index is 5.82. The smallest absolute Gasteiger partial charge is 0.0635 e. The second kappa shape index (κ2) is 3.34. The summed E-state index contributed by atoms with van der Waals surface area (Å²) in [6, 6.07) is 2.42. The molecule has 1 heterocycles. The van der Waals surface area contributed by atoms with E-state index in [1.807, 2.05) is 17.9 Å². The highest BCUT2D eigenvalue weighted by Gasteiger charge is 2.13. The molecule has 1 aromatic rings. The lowest BCUT2D eigenvalue weighted by atomic mass is 9.94. The van der Waals surface area contributed by atoms with E-state index < -0.39 is 0 Å². The van der Waals surface area contributed by atoms with E-state index in [-0.39, 0.29) is 0 Å². The van der Waals surface area contributed by atoms with Crippen molar-refractivity contribution >= 4 is 5.57 Å². The first-order valence-corrected chi connectivity index (χ1v) is 4.70. The molecule has 1 atom stereocenters. The summed E-state index contributed by atoms with van der Waals surface area (Å²) in [6.07, 6.45) is 7.26. The standard InChI is InChI=1S/C10H15N3/c1-13-10(6-7-12-13)8-2-4-9(11)5-3-8/h2,6-7,9H,3-5,11H2,1H3. The summed E-state index contributed by atoms with van der Waals surface area (Å²) in [5, 5.41) is 4.16. The van der Waals surface area contributed by atoms with E-state index in [1.54, 1.807) is 0 Å². The quantitative estimate of drug-likeness (QED) is 0.703. The van der Waals surface area contributed by atoms with Gasteiger partial charge in [0.05, 0.1) is 5.69 Å². The Labute approximate surface area is 78.2 Å². The van der Waals surface area contributed by atoms with Gasteiger partial charge >= 0.3 is 0 Å². The fraction of sp³-hybridized carbons (Fsp3) is 0.500. The number of rotatable bonds is 1. The van der Waals surface area contributed by atoms with Gasteiger partial charge in [0.25, 0.3) is 0 Å². The van der Waals surface area contributed by atoms with Gasteiger partial charge in [0.1, 0.15) is 0 Å². The fourth-order valence-corrected chi connectivity index (χ4v) is 1.78. The summed E-state index contributed by atoms with van der Waals surface area (Å²) >= 11 is 0. The Morgan fingerprint density at radius 1 is 1.62 bits per heavy atom. The highest BCUT2D eigenvalue weighted by molar-refractivity contribution is 5.63. The number of hydrogen-bond donors (Lipinski definition) is 1. The molecule has 2 rings (SSSR count). The van der Waals surface area contributed by atoms with Crippen LogP contribution in [0.25, 0.3) is 5.57 Å². The van der Waals surface area contributed by atoms with E-state index in [0.717, 1.165) is 19.3 Å². The molecule has 0 saturated carbocycles. The van der Waals surface area contributed by atoms with Crippen LogP contribution in [0.4, 0.5) is 0 Å². The Bertz CT molecular complexity index is 325. The first-order chi connectivity index (χ1) is 6.27. The van der Waals surface area contributed by atoms with Crippen molar-refractivity contribution in [3.05, 3.63) is 24.0 Å². The Balaban J connectivity index is 2.23. The molecule has 0 fully saturated rings. The lowest BCUT2D eigenvalue weighted by molar-refractivity contribution is 0.610. The number of hydrogen-bond acceptors (Lipinski definition) is 2. The van der Waals surface area contributed by atoms with Crippen LogP contribution in [0.5, 0.6) is 0 Å². The summed E-state index contributed by atoms with van der Waals surface area (Å²) in [5.41, 5.74) is 8.44. The molecule has 0 amide bonds. The third-order valence-corrected chi connectivity index (χ3v) is 2.60. The van der Waals surface area contributed by atoms with Crippen LogP contribution in [0.3, 0.4) is 0 Å². The molecule has 0 spiro atoms. The van der Waals surface area contributed by atoms with E-state index in [0.29, 0.717) is 6.04 Å². The highest BCUT2D eigenvalue weighted by Crippen LogP contribution is 2.25. The second-order valence-corrected chi connectivity index (χ2v) is 3.60. The van der Waals surface area contributed by atoms with Crippen molar-refractivity contribution in [3.8, 4) is 0 Å². The minimum atomic E-state index is 0.358. The fourth-order valence-electron chi connectivity index (χ4n) is 1.78. The molecule has 1 aromatic heterocycles. The maximum absolute atomic E-state index is 5.82. The molecule has 1 aliphatic rings. The Morgan fingerprint density at radius 2 is 2.46 bits per heavy atom. The summed E-state index contributed by atoms with van der Waals surface area (Å²) in [4.78, 5) is 0. The molecule has 0 aromatic carbocycles. The number of aromatic nitrogens is 2. The van der Waals surface area contributed by atoms with Gasteiger partial charge in [-0.2, -0.15) is 5.10 Å². The summed E-state index contributed by atoms with van der Waals surface area (Å²) in [7, 11) is 1.98. The Kier molecular flexibility index (Phi) is 2.19. The molecule has 3 heteroatoms. The monoisotopic (exact) mass is 177 g/mol. The maximum Gasteiger partial charge on any atom is 0.0635 e. The molecular formula is C10H15N3. The van der Waals surface area contributed by atoms with Crippen molar-refractivity contribution in [2.45, 2.75) is 25.3 Å². The van der Waals surface area contributed by atoms with Crippen LogP contribution in [0.2, 0.25) is 0 Å². The summed E-state index contributed by atoms with van der Waals surface area (Å²) in [6.45, 7) is 0. The normalized spacial score (nSPS) is 22.9. The molecule has 1 unspecified atom stereocenters. The molecule has 1 aliphatic carbocycles. The zero-order valence-electron chi connectivity index (χ0n) is 7.90. The predicted molar refractivity (Wildman–Crippen MR) is 53.0 cm³/mol. The molecule has 70 valence electrons. The van der Waals surface area contributed by atoms with E-state index >= 15 is 0 Å². The SMILES string of the molecule is Cn1nccc1C1=CCC(N)CC1. The highest BCUT2D eigenvalue weighted by atomic mass is 15.3. The van der Waals surface area contributed by atoms with Gasteiger partial charge in [0.15, 0.2) is 0 Å².